The summed E-state index contributed by atoms with van der Waals surface area (Å²) in [6.07, 6.45) is 0.0779. The molecule has 0 aliphatic carbocycles. The molecule has 0 aromatic heterocycles. The molecule has 0 unspecified atom stereocenters. The van der Waals surface area contributed by atoms with E-state index in [1.807, 2.05) is 13.8 Å². The van der Waals surface area contributed by atoms with Crippen LogP contribution in [0.15, 0.2) is 0 Å². The van der Waals surface area contributed by atoms with E-state index in [9.17, 15) is 0 Å². The maximum atomic E-state index is 5.65. The fraction of sp³-hybridized carbons (Fsp3) is 1.00. The van der Waals surface area contributed by atoms with Gasteiger partial charge in [-0.25, -0.2) is 0 Å². The van der Waals surface area contributed by atoms with Crippen LogP contribution < -0.4 is 0 Å². The van der Waals surface area contributed by atoms with Crippen LogP contribution in [0.2, 0.25) is 0 Å². The Morgan fingerprint density at radius 2 is 0.700 bits per heavy atom. The molecule has 2 atom stereocenters. The van der Waals surface area contributed by atoms with Crippen LogP contribution >= 0.6 is 0 Å². The first-order valence-corrected chi connectivity index (χ1v) is 7.35. The minimum atomic E-state index is 0.0390. The molecule has 1 heterocycles. The van der Waals surface area contributed by atoms with Crippen LogP contribution in [-0.4, -0.2) is 78.3 Å². The standard InChI is InChI=1S/C14H28O6/c1-13-14(2)20-12-10-18-8-6-16-4-3-15-5-7-17-9-11-19-13/h13-14H,3-12H2,1-2H3/t13-,14-/m0/s1. The Bertz CT molecular complexity index is 192. The summed E-state index contributed by atoms with van der Waals surface area (Å²) in [5.41, 5.74) is 0. The van der Waals surface area contributed by atoms with E-state index < -0.39 is 0 Å². The number of ether oxygens (including phenoxy) is 6. The van der Waals surface area contributed by atoms with Crippen molar-refractivity contribution >= 4 is 0 Å². The molecule has 1 fully saturated rings. The van der Waals surface area contributed by atoms with Gasteiger partial charge in [0.05, 0.1) is 78.3 Å². The molecule has 120 valence electrons. The third kappa shape index (κ3) is 9.63. The lowest BCUT2D eigenvalue weighted by molar-refractivity contribution is -0.0861. The quantitative estimate of drug-likeness (QED) is 0.660. The van der Waals surface area contributed by atoms with E-state index in [4.69, 9.17) is 28.4 Å². The molecule has 0 saturated carbocycles. The van der Waals surface area contributed by atoms with Gasteiger partial charge in [-0.2, -0.15) is 0 Å². The highest BCUT2D eigenvalue weighted by Crippen LogP contribution is 2.03. The molecule has 20 heavy (non-hydrogen) atoms. The Morgan fingerprint density at radius 1 is 0.450 bits per heavy atom. The van der Waals surface area contributed by atoms with E-state index in [0.717, 1.165) is 0 Å². The first-order valence-electron chi connectivity index (χ1n) is 7.35. The van der Waals surface area contributed by atoms with E-state index >= 15 is 0 Å². The van der Waals surface area contributed by atoms with E-state index in [-0.39, 0.29) is 12.2 Å². The van der Waals surface area contributed by atoms with E-state index in [1.165, 1.54) is 0 Å². The van der Waals surface area contributed by atoms with Crippen molar-refractivity contribution in [3.8, 4) is 0 Å². The van der Waals surface area contributed by atoms with Gasteiger partial charge >= 0.3 is 0 Å². The molecular weight excluding hydrogens is 264 g/mol. The van der Waals surface area contributed by atoms with Crippen molar-refractivity contribution in [2.75, 3.05) is 66.1 Å². The fourth-order valence-corrected chi connectivity index (χ4v) is 1.62. The molecule has 0 amide bonds. The lowest BCUT2D eigenvalue weighted by Crippen LogP contribution is -2.29. The Hall–Kier alpha value is -0.240. The predicted molar refractivity (Wildman–Crippen MR) is 74.1 cm³/mol. The monoisotopic (exact) mass is 292 g/mol. The topological polar surface area (TPSA) is 55.4 Å². The maximum absolute atomic E-state index is 5.65. The minimum absolute atomic E-state index is 0.0390. The highest BCUT2D eigenvalue weighted by molar-refractivity contribution is 4.60. The zero-order chi connectivity index (χ0) is 14.5. The Balaban J connectivity index is 2.18. The summed E-state index contributed by atoms with van der Waals surface area (Å²) in [7, 11) is 0. The van der Waals surface area contributed by atoms with Crippen LogP contribution in [0.4, 0.5) is 0 Å². The third-order valence-corrected chi connectivity index (χ3v) is 2.99. The normalized spacial score (nSPS) is 30.3. The molecule has 0 spiro atoms. The molecule has 0 aromatic carbocycles. The first-order chi connectivity index (χ1) is 9.80. The van der Waals surface area contributed by atoms with Gasteiger partial charge in [0.1, 0.15) is 0 Å². The zero-order valence-corrected chi connectivity index (χ0v) is 12.7. The van der Waals surface area contributed by atoms with Crippen LogP contribution in [0.5, 0.6) is 0 Å². The summed E-state index contributed by atoms with van der Waals surface area (Å²) in [6.45, 7) is 9.74. The average Bonchev–Trinajstić information content (AvgIpc) is 2.45. The minimum Gasteiger partial charge on any atom is -0.377 e. The van der Waals surface area contributed by atoms with E-state index in [2.05, 4.69) is 0 Å². The van der Waals surface area contributed by atoms with Gasteiger partial charge in [-0.05, 0) is 13.8 Å². The summed E-state index contributed by atoms with van der Waals surface area (Å²) in [5.74, 6) is 0. The summed E-state index contributed by atoms with van der Waals surface area (Å²) in [6, 6.07) is 0. The van der Waals surface area contributed by atoms with Crippen LogP contribution in [-0.2, 0) is 28.4 Å². The maximum Gasteiger partial charge on any atom is 0.0807 e. The lowest BCUT2D eigenvalue weighted by atomic mass is 10.2. The van der Waals surface area contributed by atoms with Gasteiger partial charge in [-0.3, -0.25) is 0 Å². The Morgan fingerprint density at radius 3 is 1.00 bits per heavy atom. The van der Waals surface area contributed by atoms with Crippen molar-refractivity contribution in [3.63, 3.8) is 0 Å². The van der Waals surface area contributed by atoms with Gasteiger partial charge in [0.2, 0.25) is 0 Å². The van der Waals surface area contributed by atoms with E-state index in [1.54, 1.807) is 0 Å². The molecular formula is C14H28O6. The van der Waals surface area contributed by atoms with Gasteiger partial charge in [-0.1, -0.05) is 0 Å². The van der Waals surface area contributed by atoms with Crippen molar-refractivity contribution in [3.05, 3.63) is 0 Å². The molecule has 6 nitrogen and oxygen atoms in total. The highest BCUT2D eigenvalue weighted by atomic mass is 16.6. The second-order valence-corrected chi connectivity index (χ2v) is 4.60. The van der Waals surface area contributed by atoms with Crippen molar-refractivity contribution in [1.29, 1.82) is 0 Å². The van der Waals surface area contributed by atoms with Crippen LogP contribution in [0, 0.1) is 0 Å². The summed E-state index contributed by atoms with van der Waals surface area (Å²) in [5, 5.41) is 0. The molecule has 1 rings (SSSR count). The third-order valence-electron chi connectivity index (χ3n) is 2.99. The first kappa shape index (κ1) is 17.8. The van der Waals surface area contributed by atoms with Gasteiger partial charge < -0.3 is 28.4 Å². The molecule has 0 bridgehead atoms. The van der Waals surface area contributed by atoms with Gasteiger partial charge in [0.15, 0.2) is 0 Å². The number of rotatable bonds is 0. The van der Waals surface area contributed by atoms with Crippen LogP contribution in [0.1, 0.15) is 13.8 Å². The Kier molecular flexibility index (Phi) is 11.1. The summed E-state index contributed by atoms with van der Waals surface area (Å²) >= 11 is 0. The zero-order valence-electron chi connectivity index (χ0n) is 12.7. The lowest BCUT2D eigenvalue weighted by Gasteiger charge is -2.21. The van der Waals surface area contributed by atoms with Gasteiger partial charge in [0.25, 0.3) is 0 Å². The molecule has 0 N–H and O–H groups in total. The summed E-state index contributed by atoms with van der Waals surface area (Å²) < 4.78 is 32.8. The van der Waals surface area contributed by atoms with Crippen molar-refractivity contribution in [1.82, 2.24) is 0 Å². The smallest absolute Gasteiger partial charge is 0.0807 e. The SMILES string of the molecule is C[C@@H]1OCCOCCOCCOCCOCCO[C@H]1C. The van der Waals surface area contributed by atoms with Gasteiger partial charge in [0, 0.05) is 0 Å². The van der Waals surface area contributed by atoms with E-state index in [0.29, 0.717) is 66.1 Å². The largest absolute Gasteiger partial charge is 0.377 e. The molecule has 0 aromatic rings. The molecule has 1 aliphatic heterocycles. The second kappa shape index (κ2) is 12.5. The summed E-state index contributed by atoms with van der Waals surface area (Å²) in [4.78, 5) is 0. The van der Waals surface area contributed by atoms with Crippen LogP contribution in [0.25, 0.3) is 0 Å². The second-order valence-electron chi connectivity index (χ2n) is 4.60. The van der Waals surface area contributed by atoms with Crippen molar-refractivity contribution in [2.45, 2.75) is 26.1 Å². The van der Waals surface area contributed by atoms with Crippen LogP contribution in [0.3, 0.4) is 0 Å². The molecule has 1 saturated heterocycles. The van der Waals surface area contributed by atoms with Crippen molar-refractivity contribution < 1.29 is 28.4 Å². The molecule has 6 heteroatoms. The predicted octanol–water partition coefficient (Wildman–Crippen LogP) is 0.877. The molecule has 0 radical (unpaired) electrons. The highest BCUT2D eigenvalue weighted by Gasteiger charge is 2.12. The Labute approximate surface area is 121 Å². The molecule has 1 aliphatic rings. The van der Waals surface area contributed by atoms with Gasteiger partial charge in [-0.15, -0.1) is 0 Å². The van der Waals surface area contributed by atoms with Crippen molar-refractivity contribution in [2.24, 2.45) is 0 Å². The number of hydrogen-bond acceptors (Lipinski definition) is 6. The average molecular weight is 292 g/mol. The number of hydrogen-bond donors (Lipinski definition) is 0. The fourth-order valence-electron chi connectivity index (χ4n) is 1.62.